The Bertz CT molecular complexity index is 587. The topological polar surface area (TPSA) is 89.8 Å². The fourth-order valence-corrected chi connectivity index (χ4v) is 2.20. The van der Waals surface area contributed by atoms with Crippen LogP contribution in [0.15, 0.2) is 29.4 Å². The van der Waals surface area contributed by atoms with E-state index in [1.165, 1.54) is 16.4 Å². The summed E-state index contributed by atoms with van der Waals surface area (Å²) in [5, 5.41) is 17.2. The summed E-state index contributed by atoms with van der Waals surface area (Å²) < 4.78 is 6.53. The zero-order chi connectivity index (χ0) is 13.7. The molecule has 2 N–H and O–H groups in total. The molecule has 0 spiro atoms. The molecule has 1 heterocycles. The highest BCUT2D eigenvalue weighted by Crippen LogP contribution is 2.23. The van der Waals surface area contributed by atoms with E-state index in [1.807, 2.05) is 24.3 Å². The van der Waals surface area contributed by atoms with Gasteiger partial charge in [0.15, 0.2) is 5.82 Å². The number of hydrogen-bond acceptors (Lipinski definition) is 6. The van der Waals surface area contributed by atoms with Gasteiger partial charge in [-0.25, -0.2) is 4.68 Å². The molecule has 0 aliphatic heterocycles. The number of rotatable bonds is 5. The average Bonchev–Trinajstić information content (AvgIpc) is 2.81. The van der Waals surface area contributed by atoms with Crippen LogP contribution in [0.2, 0.25) is 0 Å². The third kappa shape index (κ3) is 2.98. The first-order valence-electron chi connectivity index (χ1n) is 5.61. The van der Waals surface area contributed by atoms with Gasteiger partial charge in [0.1, 0.15) is 5.75 Å². The fraction of sp³-hybridized carbons (Fsp3) is 0.250. The van der Waals surface area contributed by atoms with E-state index < -0.39 is 0 Å². The third-order valence-corrected chi connectivity index (χ3v) is 3.40. The minimum Gasteiger partial charge on any atom is -0.497 e. The van der Waals surface area contributed by atoms with Gasteiger partial charge in [-0.05, 0) is 24.3 Å². The summed E-state index contributed by atoms with van der Waals surface area (Å²) >= 11 is 1.41. The molecule has 2 rings (SSSR count). The van der Waals surface area contributed by atoms with Crippen molar-refractivity contribution in [1.29, 1.82) is 5.26 Å². The lowest BCUT2D eigenvalue weighted by molar-refractivity contribution is 0.415. The normalized spacial score (nSPS) is 10.1. The zero-order valence-electron chi connectivity index (χ0n) is 10.4. The molecule has 0 amide bonds. The smallest absolute Gasteiger partial charge is 0.210 e. The summed E-state index contributed by atoms with van der Waals surface area (Å²) in [6.07, 6.45) is 0.454. The molecular weight excluding hydrogens is 262 g/mol. The second-order valence-corrected chi connectivity index (χ2v) is 4.72. The molecule has 0 saturated heterocycles. The van der Waals surface area contributed by atoms with Crippen LogP contribution in [-0.2, 0) is 0 Å². The van der Waals surface area contributed by atoms with Crippen molar-refractivity contribution in [3.63, 3.8) is 0 Å². The number of nitrogens with two attached hydrogens (primary N) is 1. The van der Waals surface area contributed by atoms with E-state index in [4.69, 9.17) is 15.8 Å². The van der Waals surface area contributed by atoms with E-state index in [1.54, 1.807) is 7.11 Å². The summed E-state index contributed by atoms with van der Waals surface area (Å²) in [7, 11) is 1.62. The molecule has 0 bridgehead atoms. The molecule has 19 heavy (non-hydrogen) atoms. The lowest BCUT2D eigenvalue weighted by atomic mass is 10.2. The highest BCUT2D eigenvalue weighted by molar-refractivity contribution is 7.99. The molecule has 2 aromatic rings. The molecule has 0 atom stereocenters. The van der Waals surface area contributed by atoms with Crippen LogP contribution < -0.4 is 10.6 Å². The molecule has 1 aromatic carbocycles. The molecule has 6 nitrogen and oxygen atoms in total. The highest BCUT2D eigenvalue weighted by Gasteiger charge is 2.11. The van der Waals surface area contributed by atoms with Crippen LogP contribution in [0.5, 0.6) is 5.75 Å². The van der Waals surface area contributed by atoms with Crippen LogP contribution in [0.25, 0.3) is 11.4 Å². The molecule has 98 valence electrons. The van der Waals surface area contributed by atoms with Gasteiger partial charge in [-0.15, -0.1) is 10.2 Å². The first-order chi connectivity index (χ1) is 9.26. The van der Waals surface area contributed by atoms with E-state index in [0.29, 0.717) is 23.2 Å². The molecule has 0 aliphatic carbocycles. The molecule has 0 aliphatic rings. The number of methoxy groups -OCH3 is 1. The van der Waals surface area contributed by atoms with Crippen LogP contribution in [0.4, 0.5) is 0 Å². The Kier molecular flexibility index (Phi) is 4.26. The highest BCUT2D eigenvalue weighted by atomic mass is 32.2. The number of nitrogen functional groups attached to an aromatic ring is 1. The Balaban J connectivity index is 2.18. The molecular formula is C12H13N5OS. The monoisotopic (exact) mass is 275 g/mol. The Morgan fingerprint density at radius 1 is 1.37 bits per heavy atom. The van der Waals surface area contributed by atoms with Gasteiger partial charge in [-0.2, -0.15) is 5.26 Å². The predicted octanol–water partition coefficient (Wildman–Crippen LogP) is 1.67. The van der Waals surface area contributed by atoms with Crippen molar-refractivity contribution in [2.75, 3.05) is 18.7 Å². The number of thioether (sulfide) groups is 1. The summed E-state index contributed by atoms with van der Waals surface area (Å²) in [6, 6.07) is 9.50. The second-order valence-electron chi connectivity index (χ2n) is 3.66. The van der Waals surface area contributed by atoms with Crippen molar-refractivity contribution >= 4 is 11.8 Å². The van der Waals surface area contributed by atoms with Gasteiger partial charge in [0, 0.05) is 17.7 Å². The maximum Gasteiger partial charge on any atom is 0.210 e. The quantitative estimate of drug-likeness (QED) is 0.507. The first kappa shape index (κ1) is 13.2. The van der Waals surface area contributed by atoms with E-state index in [9.17, 15) is 0 Å². The Labute approximate surface area is 115 Å². The summed E-state index contributed by atoms with van der Waals surface area (Å²) in [5.74, 6) is 7.95. The number of nitriles is 1. The SMILES string of the molecule is COc1ccc(-c2nnc(SCCC#N)n2N)cc1. The number of aromatic nitrogens is 3. The van der Waals surface area contributed by atoms with Crippen LogP contribution in [0.1, 0.15) is 6.42 Å². The van der Waals surface area contributed by atoms with E-state index in [0.717, 1.165) is 11.3 Å². The van der Waals surface area contributed by atoms with E-state index >= 15 is 0 Å². The Morgan fingerprint density at radius 3 is 2.74 bits per heavy atom. The zero-order valence-corrected chi connectivity index (χ0v) is 11.2. The predicted molar refractivity (Wildman–Crippen MR) is 73.1 cm³/mol. The number of nitrogens with zero attached hydrogens (tertiary/aromatic N) is 4. The third-order valence-electron chi connectivity index (χ3n) is 2.46. The minimum absolute atomic E-state index is 0.454. The molecule has 0 saturated carbocycles. The number of hydrogen-bond donors (Lipinski definition) is 1. The van der Waals surface area contributed by atoms with Crippen LogP contribution in [0.3, 0.4) is 0 Å². The van der Waals surface area contributed by atoms with Gasteiger partial charge in [0.25, 0.3) is 0 Å². The van der Waals surface area contributed by atoms with Crippen LogP contribution in [0, 0.1) is 11.3 Å². The molecule has 7 heteroatoms. The van der Waals surface area contributed by atoms with Crippen molar-refractivity contribution in [3.8, 4) is 23.2 Å². The molecule has 1 aromatic heterocycles. The largest absolute Gasteiger partial charge is 0.497 e. The lowest BCUT2D eigenvalue weighted by Crippen LogP contribution is -2.11. The van der Waals surface area contributed by atoms with Crippen molar-refractivity contribution in [2.24, 2.45) is 0 Å². The Hall–Kier alpha value is -2.20. The minimum atomic E-state index is 0.454. The van der Waals surface area contributed by atoms with Crippen molar-refractivity contribution in [1.82, 2.24) is 14.9 Å². The number of ether oxygens (including phenoxy) is 1. The van der Waals surface area contributed by atoms with Gasteiger partial charge >= 0.3 is 0 Å². The summed E-state index contributed by atoms with van der Waals surface area (Å²) in [4.78, 5) is 0. The fourth-order valence-electron chi connectivity index (χ4n) is 1.50. The van der Waals surface area contributed by atoms with Crippen LogP contribution >= 0.6 is 11.8 Å². The second kappa shape index (κ2) is 6.11. The maximum atomic E-state index is 8.50. The van der Waals surface area contributed by atoms with E-state index in [-0.39, 0.29) is 0 Å². The van der Waals surface area contributed by atoms with E-state index in [2.05, 4.69) is 16.3 Å². The van der Waals surface area contributed by atoms with Gasteiger partial charge in [0.05, 0.1) is 13.2 Å². The summed E-state index contributed by atoms with van der Waals surface area (Å²) in [6.45, 7) is 0. The van der Waals surface area contributed by atoms with Gasteiger partial charge in [0.2, 0.25) is 5.16 Å². The maximum absolute atomic E-state index is 8.50. The summed E-state index contributed by atoms with van der Waals surface area (Å²) in [5.41, 5.74) is 0.864. The Morgan fingerprint density at radius 2 is 2.11 bits per heavy atom. The average molecular weight is 275 g/mol. The van der Waals surface area contributed by atoms with Crippen molar-refractivity contribution < 1.29 is 4.74 Å². The lowest BCUT2D eigenvalue weighted by Gasteiger charge is -2.04. The number of benzene rings is 1. The van der Waals surface area contributed by atoms with Gasteiger partial charge < -0.3 is 10.6 Å². The van der Waals surface area contributed by atoms with Crippen LogP contribution in [-0.4, -0.2) is 27.7 Å². The van der Waals surface area contributed by atoms with Crippen molar-refractivity contribution in [2.45, 2.75) is 11.6 Å². The molecule has 0 fully saturated rings. The first-order valence-corrected chi connectivity index (χ1v) is 6.59. The molecule has 0 unspecified atom stereocenters. The van der Waals surface area contributed by atoms with Gasteiger partial charge in [-0.1, -0.05) is 11.8 Å². The van der Waals surface area contributed by atoms with Gasteiger partial charge in [-0.3, -0.25) is 0 Å². The standard InChI is InChI=1S/C12H13N5OS/c1-18-10-5-3-9(4-6-10)11-15-16-12(17(11)14)19-8-2-7-13/h3-6H,2,8,14H2,1H3. The molecule has 0 radical (unpaired) electrons. The van der Waals surface area contributed by atoms with Crippen molar-refractivity contribution in [3.05, 3.63) is 24.3 Å².